The summed E-state index contributed by atoms with van der Waals surface area (Å²) in [6.07, 6.45) is 2.09. The molecule has 4 aromatic rings. The summed E-state index contributed by atoms with van der Waals surface area (Å²) in [4.78, 5) is 29.3. The van der Waals surface area contributed by atoms with Crippen molar-refractivity contribution in [2.24, 2.45) is 0 Å². The number of rotatable bonds is 4. The zero-order valence-corrected chi connectivity index (χ0v) is 15.3. The van der Waals surface area contributed by atoms with Crippen LogP contribution < -0.4 is 20.4 Å². The number of hydrogen-bond acceptors (Lipinski definition) is 6. The predicted octanol–water partition coefficient (Wildman–Crippen LogP) is 1.66. The zero-order chi connectivity index (χ0) is 18.8. The quantitative estimate of drug-likeness (QED) is 0.541. The van der Waals surface area contributed by atoms with E-state index in [1.807, 2.05) is 54.6 Å². The second kappa shape index (κ2) is 7.13. The van der Waals surface area contributed by atoms with Gasteiger partial charge in [-0.2, -0.15) is 14.6 Å². The van der Waals surface area contributed by atoms with Crippen molar-refractivity contribution in [1.82, 2.24) is 14.6 Å². The Hall–Kier alpha value is -3.32. The first-order valence-electron chi connectivity index (χ1n) is 8.26. The summed E-state index contributed by atoms with van der Waals surface area (Å²) in [6.45, 7) is 0. The van der Waals surface area contributed by atoms with Crippen molar-refractivity contribution in [3.63, 3.8) is 0 Å². The molecular formula is C20H15N3O3S. The highest BCUT2D eigenvalue weighted by atomic mass is 32.1. The predicted molar refractivity (Wildman–Crippen MR) is 104 cm³/mol. The molecule has 0 atom stereocenters. The molecule has 2 heterocycles. The molecule has 0 spiro atoms. The van der Waals surface area contributed by atoms with E-state index in [1.165, 1.54) is 4.52 Å². The first-order chi connectivity index (χ1) is 13.1. The molecule has 4 rings (SSSR count). The number of aromatic nitrogens is 3. The fraction of sp³-hybridized carbons (Fsp3) is 0.100. The van der Waals surface area contributed by atoms with Gasteiger partial charge in [0.15, 0.2) is 0 Å². The van der Waals surface area contributed by atoms with Gasteiger partial charge in [-0.05, 0) is 29.3 Å². The SMILES string of the molecule is COc1ccc(/C=c2\sc3nc(=O)c(Cc4ccccc4)nn3c2=O)cc1. The van der Waals surface area contributed by atoms with Gasteiger partial charge in [0, 0.05) is 6.42 Å². The molecule has 0 aliphatic rings. The average Bonchev–Trinajstić information content (AvgIpc) is 2.98. The highest BCUT2D eigenvalue weighted by Gasteiger charge is 2.11. The van der Waals surface area contributed by atoms with Crippen LogP contribution in [0.1, 0.15) is 16.8 Å². The van der Waals surface area contributed by atoms with Crippen molar-refractivity contribution in [2.75, 3.05) is 7.11 Å². The van der Waals surface area contributed by atoms with E-state index in [0.29, 0.717) is 15.9 Å². The zero-order valence-electron chi connectivity index (χ0n) is 14.5. The van der Waals surface area contributed by atoms with Gasteiger partial charge in [-0.25, -0.2) is 0 Å². The second-order valence-electron chi connectivity index (χ2n) is 5.91. The lowest BCUT2D eigenvalue weighted by Crippen LogP contribution is -2.28. The molecule has 6 nitrogen and oxygen atoms in total. The van der Waals surface area contributed by atoms with Crippen molar-refractivity contribution in [3.05, 3.63) is 96.7 Å². The Bertz CT molecular complexity index is 1260. The number of hydrogen-bond donors (Lipinski definition) is 0. The van der Waals surface area contributed by atoms with Crippen molar-refractivity contribution in [2.45, 2.75) is 6.42 Å². The van der Waals surface area contributed by atoms with Gasteiger partial charge in [-0.3, -0.25) is 9.59 Å². The molecule has 2 aromatic carbocycles. The van der Waals surface area contributed by atoms with Crippen molar-refractivity contribution >= 4 is 22.4 Å². The summed E-state index contributed by atoms with van der Waals surface area (Å²) in [6, 6.07) is 16.9. The summed E-state index contributed by atoms with van der Waals surface area (Å²) >= 11 is 1.15. The lowest BCUT2D eigenvalue weighted by atomic mass is 10.1. The van der Waals surface area contributed by atoms with Gasteiger partial charge in [0.25, 0.3) is 11.1 Å². The molecule has 0 radical (unpaired) electrons. The van der Waals surface area contributed by atoms with Crippen LogP contribution in [0, 0.1) is 0 Å². The van der Waals surface area contributed by atoms with Crippen LogP contribution in [0.3, 0.4) is 0 Å². The van der Waals surface area contributed by atoms with E-state index in [2.05, 4.69) is 10.1 Å². The van der Waals surface area contributed by atoms with E-state index in [1.54, 1.807) is 13.2 Å². The maximum absolute atomic E-state index is 12.7. The maximum Gasteiger partial charge on any atom is 0.296 e. The normalized spacial score (nSPS) is 11.8. The van der Waals surface area contributed by atoms with E-state index in [0.717, 1.165) is 28.2 Å². The lowest BCUT2D eigenvalue weighted by molar-refractivity contribution is 0.415. The molecule has 0 aliphatic carbocycles. The van der Waals surface area contributed by atoms with Crippen LogP contribution in [-0.2, 0) is 6.42 Å². The van der Waals surface area contributed by atoms with E-state index in [4.69, 9.17) is 4.74 Å². The molecule has 0 saturated heterocycles. The first kappa shape index (κ1) is 17.1. The molecule has 0 amide bonds. The number of nitrogens with zero attached hydrogens (tertiary/aromatic N) is 3. The molecule has 0 saturated carbocycles. The van der Waals surface area contributed by atoms with Crippen molar-refractivity contribution < 1.29 is 4.74 Å². The smallest absolute Gasteiger partial charge is 0.296 e. The Balaban J connectivity index is 1.78. The summed E-state index contributed by atoms with van der Waals surface area (Å²) in [5.74, 6) is 0.741. The molecule has 27 heavy (non-hydrogen) atoms. The highest BCUT2D eigenvalue weighted by Crippen LogP contribution is 2.11. The van der Waals surface area contributed by atoms with Gasteiger partial charge in [0.05, 0.1) is 11.6 Å². The largest absolute Gasteiger partial charge is 0.497 e. The number of fused-ring (bicyclic) bond motifs is 1. The van der Waals surface area contributed by atoms with Crippen LogP contribution in [0.4, 0.5) is 0 Å². The van der Waals surface area contributed by atoms with E-state index >= 15 is 0 Å². The molecule has 0 N–H and O–H groups in total. The standard InChI is InChI=1S/C20H15N3O3S/c1-26-15-9-7-14(8-10-15)12-17-19(25)23-20(27-17)21-18(24)16(22-23)11-13-5-3-2-4-6-13/h2-10,12H,11H2,1H3/b17-12-. The monoisotopic (exact) mass is 377 g/mol. The second-order valence-corrected chi connectivity index (χ2v) is 6.92. The van der Waals surface area contributed by atoms with Crippen LogP contribution in [0.25, 0.3) is 11.0 Å². The summed E-state index contributed by atoms with van der Waals surface area (Å²) < 4.78 is 6.81. The fourth-order valence-corrected chi connectivity index (χ4v) is 3.60. The Morgan fingerprint density at radius 2 is 1.81 bits per heavy atom. The third-order valence-electron chi connectivity index (χ3n) is 4.08. The number of thiazole rings is 1. The third kappa shape index (κ3) is 3.50. The first-order valence-corrected chi connectivity index (χ1v) is 9.08. The Morgan fingerprint density at radius 3 is 2.52 bits per heavy atom. The molecule has 0 bridgehead atoms. The molecular weight excluding hydrogens is 362 g/mol. The Morgan fingerprint density at radius 1 is 1.07 bits per heavy atom. The average molecular weight is 377 g/mol. The molecule has 0 fully saturated rings. The van der Waals surface area contributed by atoms with Gasteiger partial charge in [0.1, 0.15) is 11.4 Å². The summed E-state index contributed by atoms with van der Waals surface area (Å²) in [5.41, 5.74) is 1.36. The fourth-order valence-electron chi connectivity index (χ4n) is 2.69. The van der Waals surface area contributed by atoms with Crippen molar-refractivity contribution in [3.8, 4) is 5.75 Å². The van der Waals surface area contributed by atoms with Crippen LogP contribution in [0.2, 0.25) is 0 Å². The third-order valence-corrected chi connectivity index (χ3v) is 5.04. The number of ether oxygens (including phenoxy) is 1. The lowest BCUT2D eigenvalue weighted by Gasteiger charge is -1.99. The van der Waals surface area contributed by atoms with Gasteiger partial charge in [-0.1, -0.05) is 53.8 Å². The van der Waals surface area contributed by atoms with E-state index in [9.17, 15) is 9.59 Å². The molecule has 0 aliphatic heterocycles. The highest BCUT2D eigenvalue weighted by molar-refractivity contribution is 7.15. The molecule has 0 unspecified atom stereocenters. The minimum absolute atomic E-state index is 0.254. The number of benzene rings is 2. The number of methoxy groups -OCH3 is 1. The van der Waals surface area contributed by atoms with Gasteiger partial charge in [0.2, 0.25) is 4.96 Å². The Labute approximate surface area is 158 Å². The van der Waals surface area contributed by atoms with Gasteiger partial charge in [-0.15, -0.1) is 0 Å². The van der Waals surface area contributed by atoms with Crippen LogP contribution in [0.15, 0.2) is 64.2 Å². The molecule has 134 valence electrons. The minimum Gasteiger partial charge on any atom is -0.497 e. The maximum atomic E-state index is 12.7. The minimum atomic E-state index is -0.406. The molecule has 7 heteroatoms. The topological polar surface area (TPSA) is 73.6 Å². The van der Waals surface area contributed by atoms with Crippen LogP contribution in [0.5, 0.6) is 5.75 Å². The summed E-state index contributed by atoms with van der Waals surface area (Å²) in [5, 5.41) is 4.26. The van der Waals surface area contributed by atoms with Crippen LogP contribution in [-0.4, -0.2) is 21.7 Å². The van der Waals surface area contributed by atoms with Crippen LogP contribution >= 0.6 is 11.3 Å². The van der Waals surface area contributed by atoms with E-state index < -0.39 is 5.56 Å². The van der Waals surface area contributed by atoms with Gasteiger partial charge < -0.3 is 4.74 Å². The summed E-state index contributed by atoms with van der Waals surface area (Å²) in [7, 11) is 1.60. The van der Waals surface area contributed by atoms with E-state index in [-0.39, 0.29) is 11.3 Å². The Kier molecular flexibility index (Phi) is 4.52. The van der Waals surface area contributed by atoms with Crippen molar-refractivity contribution in [1.29, 1.82) is 0 Å². The molecule has 2 aromatic heterocycles. The van der Waals surface area contributed by atoms with Gasteiger partial charge >= 0.3 is 0 Å².